The summed E-state index contributed by atoms with van der Waals surface area (Å²) in [5.41, 5.74) is 0. The highest BCUT2D eigenvalue weighted by Crippen LogP contribution is 2.15. The van der Waals surface area contributed by atoms with E-state index in [9.17, 15) is 14.4 Å². The lowest BCUT2D eigenvalue weighted by Gasteiger charge is -2.18. The van der Waals surface area contributed by atoms with Crippen LogP contribution in [0.15, 0.2) is 24.3 Å². The Morgan fingerprint density at radius 3 is 1.00 bits per heavy atom. The van der Waals surface area contributed by atoms with Gasteiger partial charge in [0.2, 0.25) is 0 Å². The number of hydrogen-bond acceptors (Lipinski definition) is 6. The average Bonchev–Trinajstić information content (AvgIpc) is 3.17. The summed E-state index contributed by atoms with van der Waals surface area (Å²) in [6, 6.07) is 0. The second-order valence-electron chi connectivity index (χ2n) is 15.7. The van der Waals surface area contributed by atoms with Crippen molar-refractivity contribution in [2.24, 2.45) is 0 Å². The van der Waals surface area contributed by atoms with Gasteiger partial charge in [0.15, 0.2) is 6.10 Å². The summed E-state index contributed by atoms with van der Waals surface area (Å²) in [6.45, 7) is 6.57. The molecule has 0 aliphatic heterocycles. The Bertz CT molecular complexity index is 880. The Kier molecular flexibility index (Phi) is 41.9. The number of rotatable bonds is 42. The first-order valence-corrected chi connectivity index (χ1v) is 23.3. The molecule has 0 aromatic carbocycles. The zero-order valence-corrected chi connectivity index (χ0v) is 36.0. The van der Waals surface area contributed by atoms with E-state index >= 15 is 0 Å². The van der Waals surface area contributed by atoms with Crippen LogP contribution in [0.1, 0.15) is 245 Å². The molecule has 0 spiro atoms. The van der Waals surface area contributed by atoms with E-state index in [0.29, 0.717) is 19.3 Å². The van der Waals surface area contributed by atoms with Gasteiger partial charge in [0, 0.05) is 19.3 Å². The van der Waals surface area contributed by atoms with E-state index in [4.69, 9.17) is 14.2 Å². The summed E-state index contributed by atoms with van der Waals surface area (Å²) < 4.78 is 16.7. The average molecular weight is 761 g/mol. The molecule has 0 aliphatic carbocycles. The van der Waals surface area contributed by atoms with Gasteiger partial charge in [-0.15, -0.1) is 0 Å². The highest BCUT2D eigenvalue weighted by molar-refractivity contribution is 5.71. The fourth-order valence-electron chi connectivity index (χ4n) is 6.59. The lowest BCUT2D eigenvalue weighted by molar-refractivity contribution is -0.167. The molecule has 0 heterocycles. The molecule has 0 N–H and O–H groups in total. The molecule has 0 saturated heterocycles. The minimum Gasteiger partial charge on any atom is -0.462 e. The maximum atomic E-state index is 12.7. The number of hydrogen-bond donors (Lipinski definition) is 0. The summed E-state index contributed by atoms with van der Waals surface area (Å²) in [5, 5.41) is 0. The summed E-state index contributed by atoms with van der Waals surface area (Å²) in [4.78, 5) is 37.7. The minimum absolute atomic E-state index is 0.0754. The molecule has 1 atom stereocenters. The predicted molar refractivity (Wildman–Crippen MR) is 229 cm³/mol. The van der Waals surface area contributed by atoms with Crippen molar-refractivity contribution >= 4 is 17.9 Å². The zero-order valence-electron chi connectivity index (χ0n) is 36.0. The summed E-state index contributed by atoms with van der Waals surface area (Å²) >= 11 is 0. The lowest BCUT2D eigenvalue weighted by atomic mass is 10.0. The minimum atomic E-state index is -0.771. The molecule has 0 rings (SSSR count). The molecule has 0 aromatic heterocycles. The normalized spacial score (nSPS) is 12.1. The van der Waals surface area contributed by atoms with Crippen molar-refractivity contribution in [1.82, 2.24) is 0 Å². The van der Waals surface area contributed by atoms with E-state index in [2.05, 4.69) is 45.1 Å². The van der Waals surface area contributed by atoms with E-state index in [0.717, 1.165) is 70.6 Å². The molecule has 6 nitrogen and oxygen atoms in total. The Hall–Kier alpha value is -2.11. The number of esters is 3. The fourth-order valence-corrected chi connectivity index (χ4v) is 6.59. The predicted octanol–water partition coefficient (Wildman–Crippen LogP) is 14.8. The smallest absolute Gasteiger partial charge is 0.306 e. The van der Waals surface area contributed by atoms with E-state index in [1.807, 2.05) is 0 Å². The quantitative estimate of drug-likeness (QED) is 0.0267. The standard InChI is InChI=1S/C48H88O6/c1-4-7-10-13-16-19-22-24-27-29-32-35-38-41-47(50)53-44-45(43-52-46(49)40-37-34-31-28-25-21-18-15-12-9-6-3)54-48(51)42-39-36-33-30-26-23-20-17-14-11-8-5-2/h15,18-19,22,45H,4-14,16-17,20-21,23-44H2,1-3H3/b18-15-,22-19-/t45-/m1/s1. The zero-order chi connectivity index (χ0) is 39.4. The Labute approximate surface area is 334 Å². The van der Waals surface area contributed by atoms with E-state index < -0.39 is 6.10 Å². The van der Waals surface area contributed by atoms with Gasteiger partial charge in [0.25, 0.3) is 0 Å². The Morgan fingerprint density at radius 1 is 0.352 bits per heavy atom. The van der Waals surface area contributed by atoms with Gasteiger partial charge in [-0.25, -0.2) is 0 Å². The molecule has 0 bridgehead atoms. The third-order valence-corrected chi connectivity index (χ3v) is 10.2. The highest BCUT2D eigenvalue weighted by atomic mass is 16.6. The van der Waals surface area contributed by atoms with Crippen LogP contribution in [0.5, 0.6) is 0 Å². The van der Waals surface area contributed by atoms with Crippen LogP contribution in [0.3, 0.4) is 0 Å². The van der Waals surface area contributed by atoms with Crippen LogP contribution in [0.25, 0.3) is 0 Å². The molecule has 6 heteroatoms. The molecule has 0 saturated carbocycles. The Morgan fingerprint density at radius 2 is 0.630 bits per heavy atom. The third kappa shape index (κ3) is 41.1. The first-order chi connectivity index (χ1) is 26.5. The van der Waals surface area contributed by atoms with Gasteiger partial charge in [-0.05, 0) is 64.2 Å². The number of carbonyl (C=O) groups excluding carboxylic acids is 3. The maximum Gasteiger partial charge on any atom is 0.306 e. The molecule has 0 fully saturated rings. The van der Waals surface area contributed by atoms with Gasteiger partial charge < -0.3 is 14.2 Å². The largest absolute Gasteiger partial charge is 0.462 e. The molecule has 54 heavy (non-hydrogen) atoms. The van der Waals surface area contributed by atoms with Crippen LogP contribution in [0.4, 0.5) is 0 Å². The number of carbonyl (C=O) groups is 3. The van der Waals surface area contributed by atoms with Crippen LogP contribution in [0, 0.1) is 0 Å². The molecule has 0 aromatic rings. The maximum absolute atomic E-state index is 12.7. The molecular formula is C48H88O6. The Balaban J connectivity index is 4.37. The third-order valence-electron chi connectivity index (χ3n) is 10.2. The fraction of sp³-hybridized carbons (Fsp3) is 0.854. The molecule has 316 valence electrons. The first-order valence-electron chi connectivity index (χ1n) is 23.3. The number of ether oxygens (including phenoxy) is 3. The first kappa shape index (κ1) is 51.9. The van der Waals surface area contributed by atoms with E-state index in [1.165, 1.54) is 135 Å². The molecule has 0 amide bonds. The van der Waals surface area contributed by atoms with E-state index in [-0.39, 0.29) is 31.1 Å². The molecule has 0 radical (unpaired) electrons. The van der Waals surface area contributed by atoms with Crippen LogP contribution in [-0.4, -0.2) is 37.2 Å². The molecular weight excluding hydrogens is 673 g/mol. The number of allylic oxidation sites excluding steroid dienone is 4. The van der Waals surface area contributed by atoms with Crippen molar-refractivity contribution in [2.75, 3.05) is 13.2 Å². The van der Waals surface area contributed by atoms with Gasteiger partial charge in [-0.1, -0.05) is 186 Å². The topological polar surface area (TPSA) is 78.9 Å². The van der Waals surface area contributed by atoms with Crippen molar-refractivity contribution in [3.05, 3.63) is 24.3 Å². The van der Waals surface area contributed by atoms with Crippen LogP contribution in [-0.2, 0) is 28.6 Å². The van der Waals surface area contributed by atoms with E-state index in [1.54, 1.807) is 0 Å². The summed E-state index contributed by atoms with van der Waals surface area (Å²) in [7, 11) is 0. The van der Waals surface area contributed by atoms with Crippen LogP contribution >= 0.6 is 0 Å². The monoisotopic (exact) mass is 761 g/mol. The van der Waals surface area contributed by atoms with Crippen molar-refractivity contribution in [2.45, 2.75) is 252 Å². The van der Waals surface area contributed by atoms with Gasteiger partial charge in [0.1, 0.15) is 13.2 Å². The summed E-state index contributed by atoms with van der Waals surface area (Å²) in [6.07, 6.45) is 47.2. The number of unbranched alkanes of at least 4 members (excludes halogenated alkanes) is 27. The van der Waals surface area contributed by atoms with Gasteiger partial charge in [-0.2, -0.15) is 0 Å². The lowest BCUT2D eigenvalue weighted by Crippen LogP contribution is -2.30. The van der Waals surface area contributed by atoms with Gasteiger partial charge >= 0.3 is 17.9 Å². The van der Waals surface area contributed by atoms with Crippen molar-refractivity contribution in [1.29, 1.82) is 0 Å². The highest BCUT2D eigenvalue weighted by Gasteiger charge is 2.19. The second-order valence-corrected chi connectivity index (χ2v) is 15.7. The molecule has 0 aliphatic rings. The molecule has 0 unspecified atom stereocenters. The second kappa shape index (κ2) is 43.6. The summed E-state index contributed by atoms with van der Waals surface area (Å²) in [5.74, 6) is -0.888. The van der Waals surface area contributed by atoms with Gasteiger partial charge in [0.05, 0.1) is 0 Å². The van der Waals surface area contributed by atoms with Gasteiger partial charge in [-0.3, -0.25) is 14.4 Å². The van der Waals surface area contributed by atoms with Crippen molar-refractivity contribution < 1.29 is 28.6 Å². The van der Waals surface area contributed by atoms with Crippen LogP contribution in [0.2, 0.25) is 0 Å². The van der Waals surface area contributed by atoms with Crippen molar-refractivity contribution in [3.8, 4) is 0 Å². The SMILES string of the molecule is CCCC/C=C\CCCCCCCC(=O)OC[C@H](COC(=O)CCCCCCC/C=C\CCCCCC)OC(=O)CCCCCCCCCCCCCC. The van der Waals surface area contributed by atoms with Crippen molar-refractivity contribution in [3.63, 3.8) is 0 Å². The van der Waals surface area contributed by atoms with Crippen LogP contribution < -0.4 is 0 Å².